The van der Waals surface area contributed by atoms with Crippen LogP contribution in [-0.2, 0) is 4.74 Å². The molecule has 17 heavy (non-hydrogen) atoms. The van der Waals surface area contributed by atoms with Gasteiger partial charge in [0.15, 0.2) is 5.82 Å². The van der Waals surface area contributed by atoms with Crippen LogP contribution in [0, 0.1) is 5.82 Å². The molecule has 0 radical (unpaired) electrons. The number of halogens is 2. The van der Waals surface area contributed by atoms with Crippen molar-refractivity contribution in [2.45, 2.75) is 13.0 Å². The van der Waals surface area contributed by atoms with Gasteiger partial charge in [-0.3, -0.25) is 0 Å². The Hall–Kier alpha value is -1.33. The van der Waals surface area contributed by atoms with Crippen molar-refractivity contribution in [3.8, 4) is 0 Å². The molecule has 0 aromatic heterocycles. The number of urea groups is 1. The average molecular weight is 261 g/mol. The lowest BCUT2D eigenvalue weighted by Gasteiger charge is -2.14. The first-order valence-electron chi connectivity index (χ1n) is 5.05. The van der Waals surface area contributed by atoms with Crippen LogP contribution in [0.25, 0.3) is 0 Å². The third-order valence-electron chi connectivity index (χ3n) is 1.99. The van der Waals surface area contributed by atoms with Crippen molar-refractivity contribution >= 4 is 23.3 Å². The number of anilines is 1. The monoisotopic (exact) mass is 260 g/mol. The first kappa shape index (κ1) is 13.7. The molecule has 0 bridgehead atoms. The molecule has 0 saturated carbocycles. The predicted octanol–water partition coefficient (Wildman–Crippen LogP) is 2.64. The molecule has 0 saturated heterocycles. The van der Waals surface area contributed by atoms with Gasteiger partial charge in [0.2, 0.25) is 0 Å². The summed E-state index contributed by atoms with van der Waals surface area (Å²) < 4.78 is 18.3. The maximum absolute atomic E-state index is 13.4. The molecule has 1 aromatic rings. The summed E-state index contributed by atoms with van der Waals surface area (Å²) in [6.07, 6.45) is 0. The Morgan fingerprint density at radius 2 is 2.29 bits per heavy atom. The van der Waals surface area contributed by atoms with Gasteiger partial charge in [0.05, 0.1) is 23.4 Å². The van der Waals surface area contributed by atoms with E-state index < -0.39 is 11.8 Å². The van der Waals surface area contributed by atoms with Crippen molar-refractivity contribution in [1.29, 1.82) is 0 Å². The highest BCUT2D eigenvalue weighted by molar-refractivity contribution is 6.31. The third-order valence-corrected chi connectivity index (χ3v) is 2.29. The second-order valence-corrected chi connectivity index (χ2v) is 3.96. The van der Waals surface area contributed by atoms with Crippen LogP contribution < -0.4 is 10.6 Å². The van der Waals surface area contributed by atoms with Crippen molar-refractivity contribution in [3.63, 3.8) is 0 Å². The van der Waals surface area contributed by atoms with E-state index in [2.05, 4.69) is 10.6 Å². The Balaban J connectivity index is 2.59. The number of hydrogen-bond donors (Lipinski definition) is 2. The van der Waals surface area contributed by atoms with Gasteiger partial charge in [0.25, 0.3) is 0 Å². The lowest BCUT2D eigenvalue weighted by atomic mass is 10.3. The van der Waals surface area contributed by atoms with E-state index in [9.17, 15) is 9.18 Å². The molecule has 0 aliphatic heterocycles. The number of amides is 2. The first-order chi connectivity index (χ1) is 8.04. The molecular weight excluding hydrogens is 247 g/mol. The molecule has 1 aromatic carbocycles. The summed E-state index contributed by atoms with van der Waals surface area (Å²) in [6, 6.07) is 3.73. The Morgan fingerprint density at radius 3 is 2.94 bits per heavy atom. The van der Waals surface area contributed by atoms with Crippen LogP contribution in [0.2, 0.25) is 5.02 Å². The number of hydrogen-bond acceptors (Lipinski definition) is 2. The Kier molecular flexibility index (Phi) is 5.18. The number of methoxy groups -OCH3 is 1. The minimum atomic E-state index is -0.649. The van der Waals surface area contributed by atoms with Crippen LogP contribution in [0.3, 0.4) is 0 Å². The second kappa shape index (κ2) is 6.42. The van der Waals surface area contributed by atoms with Gasteiger partial charge >= 0.3 is 6.03 Å². The fraction of sp³-hybridized carbons (Fsp3) is 0.364. The van der Waals surface area contributed by atoms with E-state index in [0.717, 1.165) is 0 Å². The van der Waals surface area contributed by atoms with E-state index >= 15 is 0 Å². The summed E-state index contributed by atoms with van der Waals surface area (Å²) in [5, 5.41) is 4.93. The molecule has 0 fully saturated rings. The fourth-order valence-electron chi connectivity index (χ4n) is 1.27. The van der Waals surface area contributed by atoms with E-state index in [4.69, 9.17) is 16.3 Å². The first-order valence-corrected chi connectivity index (χ1v) is 5.43. The smallest absolute Gasteiger partial charge is 0.319 e. The number of rotatable bonds is 4. The van der Waals surface area contributed by atoms with Crippen LogP contribution >= 0.6 is 11.6 Å². The summed E-state index contributed by atoms with van der Waals surface area (Å²) in [4.78, 5) is 11.5. The summed E-state index contributed by atoms with van der Waals surface area (Å²) in [6.45, 7) is 2.16. The van der Waals surface area contributed by atoms with Crippen molar-refractivity contribution in [3.05, 3.63) is 29.0 Å². The van der Waals surface area contributed by atoms with Gasteiger partial charge in [-0.2, -0.15) is 0 Å². The zero-order valence-corrected chi connectivity index (χ0v) is 10.3. The van der Waals surface area contributed by atoms with Gasteiger partial charge in [0.1, 0.15) is 0 Å². The topological polar surface area (TPSA) is 50.4 Å². The average Bonchev–Trinajstić information content (AvgIpc) is 2.25. The van der Waals surface area contributed by atoms with Crippen molar-refractivity contribution in [2.24, 2.45) is 0 Å². The van der Waals surface area contributed by atoms with Crippen molar-refractivity contribution < 1.29 is 13.9 Å². The summed E-state index contributed by atoms with van der Waals surface area (Å²) in [5.41, 5.74) is 0.0413. The molecule has 2 N–H and O–H groups in total. The van der Waals surface area contributed by atoms with E-state index in [1.165, 1.54) is 19.2 Å². The van der Waals surface area contributed by atoms with Gasteiger partial charge in [-0.05, 0) is 19.1 Å². The van der Waals surface area contributed by atoms with Crippen LogP contribution in [0.15, 0.2) is 18.2 Å². The lowest BCUT2D eigenvalue weighted by molar-refractivity contribution is 0.173. The number of carbonyl (C=O) groups excluding carboxylic acids is 1. The number of carbonyl (C=O) groups is 1. The number of benzene rings is 1. The summed E-state index contributed by atoms with van der Waals surface area (Å²) in [7, 11) is 1.53. The van der Waals surface area contributed by atoms with Gasteiger partial charge < -0.3 is 15.4 Å². The zero-order chi connectivity index (χ0) is 12.8. The SMILES string of the molecule is COCC(C)NC(=O)Nc1cccc(Cl)c1F. The highest BCUT2D eigenvalue weighted by Gasteiger charge is 2.11. The Morgan fingerprint density at radius 1 is 1.59 bits per heavy atom. The highest BCUT2D eigenvalue weighted by atomic mass is 35.5. The number of ether oxygens (including phenoxy) is 1. The minimum absolute atomic E-state index is 0.0345. The third kappa shape index (κ3) is 4.20. The fourth-order valence-corrected chi connectivity index (χ4v) is 1.45. The van der Waals surface area contributed by atoms with Gasteiger partial charge in [0, 0.05) is 7.11 Å². The second-order valence-electron chi connectivity index (χ2n) is 3.56. The number of nitrogens with one attached hydrogen (secondary N) is 2. The van der Waals surface area contributed by atoms with Crippen LogP contribution in [0.4, 0.5) is 14.9 Å². The molecule has 94 valence electrons. The maximum atomic E-state index is 13.4. The van der Waals surface area contributed by atoms with Crippen LogP contribution in [0.1, 0.15) is 6.92 Å². The molecule has 2 amide bonds. The van der Waals surface area contributed by atoms with E-state index in [0.29, 0.717) is 6.61 Å². The molecule has 0 spiro atoms. The maximum Gasteiger partial charge on any atom is 0.319 e. The minimum Gasteiger partial charge on any atom is -0.383 e. The predicted molar refractivity (Wildman–Crippen MR) is 64.9 cm³/mol. The standard InChI is InChI=1S/C11H14ClFN2O2/c1-7(6-17-2)14-11(16)15-9-5-3-4-8(12)10(9)13/h3-5,7H,6H2,1-2H3,(H2,14,15,16). The Labute approximate surface area is 104 Å². The lowest BCUT2D eigenvalue weighted by Crippen LogP contribution is -2.38. The van der Waals surface area contributed by atoms with Gasteiger partial charge in [-0.25, -0.2) is 9.18 Å². The molecule has 1 unspecified atom stereocenters. The Bertz CT molecular complexity index is 401. The summed E-state index contributed by atoms with van der Waals surface area (Å²) >= 11 is 5.59. The highest BCUT2D eigenvalue weighted by Crippen LogP contribution is 2.21. The molecule has 0 heterocycles. The largest absolute Gasteiger partial charge is 0.383 e. The van der Waals surface area contributed by atoms with E-state index in [1.54, 1.807) is 13.0 Å². The molecule has 1 atom stereocenters. The van der Waals surface area contributed by atoms with Crippen LogP contribution in [0.5, 0.6) is 0 Å². The van der Waals surface area contributed by atoms with E-state index in [-0.39, 0.29) is 16.8 Å². The van der Waals surface area contributed by atoms with E-state index in [1.807, 2.05) is 0 Å². The molecule has 0 aliphatic carbocycles. The van der Waals surface area contributed by atoms with Crippen molar-refractivity contribution in [1.82, 2.24) is 5.32 Å². The molecule has 4 nitrogen and oxygen atoms in total. The molecular formula is C11H14ClFN2O2. The van der Waals surface area contributed by atoms with Crippen molar-refractivity contribution in [2.75, 3.05) is 19.0 Å². The van der Waals surface area contributed by atoms with Gasteiger partial charge in [-0.15, -0.1) is 0 Å². The summed E-state index contributed by atoms with van der Waals surface area (Å²) in [5.74, 6) is -0.649. The quantitative estimate of drug-likeness (QED) is 0.874. The molecule has 1 rings (SSSR count). The van der Waals surface area contributed by atoms with Crippen LogP contribution in [-0.4, -0.2) is 25.8 Å². The molecule has 6 heteroatoms. The van der Waals surface area contributed by atoms with Gasteiger partial charge in [-0.1, -0.05) is 17.7 Å². The zero-order valence-electron chi connectivity index (χ0n) is 9.59. The molecule has 0 aliphatic rings. The normalized spacial score (nSPS) is 12.0.